The Bertz CT molecular complexity index is 414. The van der Waals surface area contributed by atoms with Crippen molar-refractivity contribution in [1.82, 2.24) is 0 Å². The first-order chi connectivity index (χ1) is 8.41. The highest BCUT2D eigenvalue weighted by Gasteiger charge is 2.16. The van der Waals surface area contributed by atoms with Crippen LogP contribution in [-0.2, 0) is 9.05 Å². The summed E-state index contributed by atoms with van der Waals surface area (Å²) >= 11 is 0. The molecular formula is C13H23ClO3S. The summed E-state index contributed by atoms with van der Waals surface area (Å²) in [7, 11) is 1.51. The van der Waals surface area contributed by atoms with Crippen molar-refractivity contribution in [1.29, 1.82) is 0 Å². The van der Waals surface area contributed by atoms with Gasteiger partial charge in [0.1, 0.15) is 10.6 Å². The average Bonchev–Trinajstić information content (AvgIpc) is 2.33. The molecule has 0 bridgehead atoms. The summed E-state index contributed by atoms with van der Waals surface area (Å²) in [6, 6.07) is 6.29. The molecule has 0 fully saturated rings. The molecule has 0 radical (unpaired) electrons. The van der Waals surface area contributed by atoms with Gasteiger partial charge in [-0.25, -0.2) is 8.42 Å². The van der Waals surface area contributed by atoms with Gasteiger partial charge in [-0.3, -0.25) is 0 Å². The van der Waals surface area contributed by atoms with Crippen molar-refractivity contribution >= 4 is 19.7 Å². The molecule has 0 spiro atoms. The van der Waals surface area contributed by atoms with Crippen molar-refractivity contribution in [2.75, 3.05) is 0 Å². The Balaban J connectivity index is 0. The van der Waals surface area contributed by atoms with E-state index >= 15 is 0 Å². The number of halogens is 1. The lowest BCUT2D eigenvalue weighted by molar-refractivity contribution is 0.236. The van der Waals surface area contributed by atoms with Crippen molar-refractivity contribution in [3.63, 3.8) is 0 Å². The van der Waals surface area contributed by atoms with Crippen molar-refractivity contribution < 1.29 is 13.2 Å². The van der Waals surface area contributed by atoms with Crippen LogP contribution in [0.4, 0.5) is 0 Å². The van der Waals surface area contributed by atoms with Gasteiger partial charge in [0.15, 0.2) is 0 Å². The van der Waals surface area contributed by atoms with Crippen LogP contribution >= 0.6 is 10.7 Å². The summed E-state index contributed by atoms with van der Waals surface area (Å²) in [5.74, 6) is 0.289. The maximum Gasteiger partial charge on any atom is 0.264 e. The van der Waals surface area contributed by atoms with Gasteiger partial charge in [-0.2, -0.15) is 0 Å². The molecule has 1 rings (SSSR count). The standard InChI is InChI=1S/C9H11ClO3S.2C2H6/c1-7(2)13-8-5-3-4-6-9(8)14(10,11)12;2*1-2/h3-7H,1-2H3;2*1-2H3. The molecule has 18 heavy (non-hydrogen) atoms. The minimum absolute atomic E-state index is 0.00960. The first-order valence-electron chi connectivity index (χ1n) is 6.11. The molecule has 0 unspecified atom stereocenters. The summed E-state index contributed by atoms with van der Waals surface area (Å²) in [6.45, 7) is 11.6. The maximum absolute atomic E-state index is 11.1. The van der Waals surface area contributed by atoms with Crippen molar-refractivity contribution in [3.05, 3.63) is 24.3 Å². The smallest absolute Gasteiger partial charge is 0.264 e. The maximum atomic E-state index is 11.1. The second-order valence-corrected chi connectivity index (χ2v) is 5.59. The number of rotatable bonds is 3. The van der Waals surface area contributed by atoms with Crippen molar-refractivity contribution in [3.8, 4) is 5.75 Å². The Hall–Kier alpha value is -0.740. The van der Waals surface area contributed by atoms with E-state index in [1.54, 1.807) is 18.2 Å². The first-order valence-corrected chi connectivity index (χ1v) is 8.42. The number of para-hydroxylation sites is 1. The fourth-order valence-electron chi connectivity index (χ4n) is 1.00. The third-order valence-electron chi connectivity index (χ3n) is 1.47. The number of hydrogen-bond donors (Lipinski definition) is 0. The van der Waals surface area contributed by atoms with E-state index in [9.17, 15) is 8.42 Å². The average molecular weight is 295 g/mol. The van der Waals surface area contributed by atoms with E-state index in [0.717, 1.165) is 0 Å². The van der Waals surface area contributed by atoms with Gasteiger partial charge in [-0.15, -0.1) is 0 Å². The molecule has 0 saturated carbocycles. The topological polar surface area (TPSA) is 43.4 Å². The van der Waals surface area contributed by atoms with Gasteiger partial charge in [0.25, 0.3) is 9.05 Å². The minimum Gasteiger partial charge on any atom is -0.490 e. The Morgan fingerprint density at radius 2 is 1.50 bits per heavy atom. The van der Waals surface area contributed by atoms with Gasteiger partial charge >= 0.3 is 0 Å². The van der Waals surface area contributed by atoms with E-state index in [1.807, 2.05) is 41.5 Å². The van der Waals surface area contributed by atoms with Crippen molar-refractivity contribution in [2.24, 2.45) is 0 Å². The molecule has 3 nitrogen and oxygen atoms in total. The molecular weight excluding hydrogens is 272 g/mol. The summed E-state index contributed by atoms with van der Waals surface area (Å²) in [6.07, 6.45) is -0.0884. The van der Waals surface area contributed by atoms with Crippen LogP contribution in [0.25, 0.3) is 0 Å². The molecule has 0 N–H and O–H groups in total. The second-order valence-electron chi connectivity index (χ2n) is 3.05. The molecule has 1 aromatic rings. The molecule has 0 amide bonds. The second kappa shape index (κ2) is 10.2. The fourth-order valence-corrected chi connectivity index (χ4v) is 1.98. The first kappa shape index (κ1) is 19.6. The molecule has 0 atom stereocenters. The molecule has 0 saturated heterocycles. The Kier molecular flexibility index (Phi) is 11.1. The Labute approximate surface area is 116 Å². The Morgan fingerprint density at radius 1 is 1.06 bits per heavy atom. The quantitative estimate of drug-likeness (QED) is 0.773. The van der Waals surface area contributed by atoms with E-state index in [1.165, 1.54) is 6.07 Å². The summed E-state index contributed by atoms with van der Waals surface area (Å²) in [5, 5.41) is 0. The lowest BCUT2D eigenvalue weighted by Crippen LogP contribution is -2.08. The minimum atomic E-state index is -3.73. The third-order valence-corrected chi connectivity index (χ3v) is 2.84. The number of hydrogen-bond acceptors (Lipinski definition) is 3. The highest BCUT2D eigenvalue weighted by Crippen LogP contribution is 2.26. The van der Waals surface area contributed by atoms with E-state index in [0.29, 0.717) is 0 Å². The zero-order valence-corrected chi connectivity index (χ0v) is 13.5. The lowest BCUT2D eigenvalue weighted by Gasteiger charge is -2.11. The third kappa shape index (κ3) is 7.56. The molecule has 0 heterocycles. The van der Waals surface area contributed by atoms with E-state index in [4.69, 9.17) is 15.4 Å². The molecule has 1 aromatic carbocycles. The van der Waals surface area contributed by atoms with Gasteiger partial charge < -0.3 is 4.74 Å². The van der Waals surface area contributed by atoms with Crippen LogP contribution in [0.2, 0.25) is 0 Å². The largest absolute Gasteiger partial charge is 0.490 e. The van der Waals surface area contributed by atoms with E-state index in [-0.39, 0.29) is 16.7 Å². The molecule has 0 aliphatic carbocycles. The van der Waals surface area contributed by atoms with Gasteiger partial charge in [-0.05, 0) is 26.0 Å². The fraction of sp³-hybridized carbons (Fsp3) is 0.538. The molecule has 0 aliphatic heterocycles. The van der Waals surface area contributed by atoms with Crippen LogP contribution in [0.1, 0.15) is 41.5 Å². The summed E-state index contributed by atoms with van der Waals surface area (Å²) in [5.41, 5.74) is 0. The predicted molar refractivity (Wildman–Crippen MR) is 77.9 cm³/mol. The van der Waals surface area contributed by atoms with Crippen LogP contribution < -0.4 is 4.74 Å². The molecule has 106 valence electrons. The van der Waals surface area contributed by atoms with Gasteiger partial charge in [0.05, 0.1) is 6.10 Å². The number of benzene rings is 1. The Morgan fingerprint density at radius 3 is 1.89 bits per heavy atom. The number of ether oxygens (including phenoxy) is 1. The highest BCUT2D eigenvalue weighted by molar-refractivity contribution is 8.13. The highest BCUT2D eigenvalue weighted by atomic mass is 35.7. The summed E-state index contributed by atoms with van der Waals surface area (Å²) in [4.78, 5) is 0.00960. The van der Waals surface area contributed by atoms with Crippen LogP contribution in [0.3, 0.4) is 0 Å². The van der Waals surface area contributed by atoms with Crippen LogP contribution in [-0.4, -0.2) is 14.5 Å². The van der Waals surface area contributed by atoms with E-state index < -0.39 is 9.05 Å². The SMILES string of the molecule is CC.CC.CC(C)Oc1ccccc1S(=O)(=O)Cl. The molecule has 0 aliphatic rings. The van der Waals surface area contributed by atoms with Crippen LogP contribution in [0.15, 0.2) is 29.2 Å². The van der Waals surface area contributed by atoms with Crippen LogP contribution in [0.5, 0.6) is 5.75 Å². The van der Waals surface area contributed by atoms with Gasteiger partial charge in [0.2, 0.25) is 0 Å². The summed E-state index contributed by atoms with van der Waals surface area (Å²) < 4.78 is 27.5. The predicted octanol–water partition coefficient (Wildman–Crippen LogP) is 4.45. The lowest BCUT2D eigenvalue weighted by atomic mass is 10.3. The van der Waals surface area contributed by atoms with Gasteiger partial charge in [-0.1, -0.05) is 39.8 Å². The van der Waals surface area contributed by atoms with Crippen molar-refractivity contribution in [2.45, 2.75) is 52.5 Å². The zero-order valence-electron chi connectivity index (χ0n) is 11.9. The normalized spacial score (nSPS) is 9.78. The molecule has 5 heteroatoms. The monoisotopic (exact) mass is 294 g/mol. The van der Waals surface area contributed by atoms with E-state index in [2.05, 4.69) is 0 Å². The zero-order chi connectivity index (χ0) is 14.8. The van der Waals surface area contributed by atoms with Gasteiger partial charge in [0, 0.05) is 10.7 Å². The molecule has 0 aromatic heterocycles. The van der Waals surface area contributed by atoms with Crippen LogP contribution in [0, 0.1) is 0 Å².